The van der Waals surface area contributed by atoms with Gasteiger partial charge >= 0.3 is 0 Å². The molecule has 2 heterocycles. The first-order valence-electron chi connectivity index (χ1n) is 6.50. The topological polar surface area (TPSA) is 96.9 Å². The van der Waals surface area contributed by atoms with Gasteiger partial charge in [0.05, 0.1) is 6.20 Å². The molecule has 0 bridgehead atoms. The van der Waals surface area contributed by atoms with Gasteiger partial charge in [0.15, 0.2) is 5.76 Å². The van der Waals surface area contributed by atoms with Crippen LogP contribution in [0.1, 0.15) is 31.6 Å². The number of amides is 1. The fraction of sp³-hybridized carbons (Fsp3) is 0.429. The number of aryl methyl sites for hydroxylation is 1. The number of carbonyl (C=O) groups is 1. The summed E-state index contributed by atoms with van der Waals surface area (Å²) in [5.41, 5.74) is 6.71. The van der Waals surface area contributed by atoms with Crippen molar-refractivity contribution in [3.8, 4) is 11.5 Å². The predicted molar refractivity (Wildman–Crippen MR) is 75.8 cm³/mol. The van der Waals surface area contributed by atoms with Gasteiger partial charge in [-0.3, -0.25) is 9.89 Å². The molecule has 2 rings (SSSR count). The maximum atomic E-state index is 11.0. The summed E-state index contributed by atoms with van der Waals surface area (Å²) in [7, 11) is 0. The summed E-state index contributed by atoms with van der Waals surface area (Å²) in [4.78, 5) is 11.0. The van der Waals surface area contributed by atoms with Gasteiger partial charge in [-0.1, -0.05) is 0 Å². The SMILES string of the molecule is Cc1ccc(-c2[nH]ncc2CNC(C)(C)CC(N)=O)o1. The highest BCUT2D eigenvalue weighted by Gasteiger charge is 2.21. The highest BCUT2D eigenvalue weighted by molar-refractivity contribution is 5.75. The van der Waals surface area contributed by atoms with E-state index in [0.29, 0.717) is 6.54 Å². The lowest BCUT2D eigenvalue weighted by Crippen LogP contribution is -2.42. The van der Waals surface area contributed by atoms with Crippen LogP contribution in [0.4, 0.5) is 0 Å². The maximum Gasteiger partial charge on any atom is 0.219 e. The zero-order valence-electron chi connectivity index (χ0n) is 12.0. The number of H-pyrrole nitrogens is 1. The second-order valence-electron chi connectivity index (χ2n) is 5.56. The Bertz CT molecular complexity index is 598. The molecular weight excluding hydrogens is 256 g/mol. The average molecular weight is 276 g/mol. The molecule has 0 aliphatic heterocycles. The summed E-state index contributed by atoms with van der Waals surface area (Å²) >= 11 is 0. The fourth-order valence-electron chi connectivity index (χ4n) is 2.06. The van der Waals surface area contributed by atoms with Gasteiger partial charge in [-0.15, -0.1) is 0 Å². The van der Waals surface area contributed by atoms with E-state index in [0.717, 1.165) is 22.8 Å². The van der Waals surface area contributed by atoms with Crippen LogP contribution in [-0.4, -0.2) is 21.6 Å². The maximum absolute atomic E-state index is 11.0. The van der Waals surface area contributed by atoms with Crippen LogP contribution in [0.15, 0.2) is 22.7 Å². The number of rotatable bonds is 6. The summed E-state index contributed by atoms with van der Waals surface area (Å²) in [5.74, 6) is 1.28. The van der Waals surface area contributed by atoms with Gasteiger partial charge in [0, 0.05) is 24.1 Å². The fourth-order valence-corrected chi connectivity index (χ4v) is 2.06. The van der Waals surface area contributed by atoms with Crippen molar-refractivity contribution in [3.63, 3.8) is 0 Å². The number of carbonyl (C=O) groups excluding carboxylic acids is 1. The van der Waals surface area contributed by atoms with E-state index in [1.165, 1.54) is 0 Å². The van der Waals surface area contributed by atoms with Gasteiger partial charge in [-0.25, -0.2) is 0 Å². The minimum absolute atomic E-state index is 0.278. The van der Waals surface area contributed by atoms with Crippen molar-refractivity contribution in [2.45, 2.75) is 39.3 Å². The van der Waals surface area contributed by atoms with E-state index in [4.69, 9.17) is 10.2 Å². The lowest BCUT2D eigenvalue weighted by molar-refractivity contribution is -0.119. The molecule has 6 heteroatoms. The van der Waals surface area contributed by atoms with Crippen molar-refractivity contribution < 1.29 is 9.21 Å². The molecule has 0 spiro atoms. The van der Waals surface area contributed by atoms with Crippen LogP contribution < -0.4 is 11.1 Å². The zero-order chi connectivity index (χ0) is 14.8. The van der Waals surface area contributed by atoms with Gasteiger partial charge in [0.2, 0.25) is 5.91 Å². The third-order valence-corrected chi connectivity index (χ3v) is 3.08. The molecule has 0 aromatic carbocycles. The molecule has 0 aliphatic rings. The zero-order valence-corrected chi connectivity index (χ0v) is 12.0. The van der Waals surface area contributed by atoms with Crippen molar-refractivity contribution in [2.24, 2.45) is 5.73 Å². The Labute approximate surface area is 117 Å². The quantitative estimate of drug-likeness (QED) is 0.748. The van der Waals surface area contributed by atoms with Crippen molar-refractivity contribution >= 4 is 5.91 Å². The Morgan fingerprint density at radius 2 is 2.25 bits per heavy atom. The number of hydrogen-bond acceptors (Lipinski definition) is 4. The molecule has 0 atom stereocenters. The molecule has 0 saturated heterocycles. The van der Waals surface area contributed by atoms with Crippen molar-refractivity contribution in [1.29, 1.82) is 0 Å². The minimum Gasteiger partial charge on any atom is -0.460 e. The molecular formula is C14H20N4O2. The highest BCUT2D eigenvalue weighted by atomic mass is 16.3. The number of nitrogens with one attached hydrogen (secondary N) is 2. The van der Waals surface area contributed by atoms with Crippen LogP contribution in [-0.2, 0) is 11.3 Å². The number of hydrogen-bond donors (Lipinski definition) is 3. The largest absolute Gasteiger partial charge is 0.460 e. The molecule has 0 saturated carbocycles. The van der Waals surface area contributed by atoms with Crippen molar-refractivity contribution in [2.75, 3.05) is 0 Å². The number of aromatic nitrogens is 2. The monoisotopic (exact) mass is 276 g/mol. The Morgan fingerprint density at radius 3 is 2.85 bits per heavy atom. The lowest BCUT2D eigenvalue weighted by Gasteiger charge is -2.24. The van der Waals surface area contributed by atoms with Gasteiger partial charge in [-0.2, -0.15) is 5.10 Å². The Balaban J connectivity index is 2.08. The normalized spacial score (nSPS) is 11.8. The van der Waals surface area contributed by atoms with Gasteiger partial charge in [0.1, 0.15) is 11.5 Å². The molecule has 1 amide bonds. The number of nitrogens with two attached hydrogens (primary N) is 1. The Morgan fingerprint density at radius 1 is 1.50 bits per heavy atom. The van der Waals surface area contributed by atoms with E-state index in [-0.39, 0.29) is 17.9 Å². The first kappa shape index (κ1) is 14.3. The molecule has 6 nitrogen and oxygen atoms in total. The highest BCUT2D eigenvalue weighted by Crippen LogP contribution is 2.23. The molecule has 0 fully saturated rings. The standard InChI is InChI=1S/C14H20N4O2/c1-9-4-5-11(20-9)13-10(8-17-18-13)7-16-14(2,3)6-12(15)19/h4-5,8,16H,6-7H2,1-3H3,(H2,15,19)(H,17,18). The number of primary amides is 1. The Hall–Kier alpha value is -2.08. The van der Waals surface area contributed by atoms with E-state index in [9.17, 15) is 4.79 Å². The van der Waals surface area contributed by atoms with Gasteiger partial charge in [-0.05, 0) is 32.9 Å². The van der Waals surface area contributed by atoms with E-state index >= 15 is 0 Å². The third-order valence-electron chi connectivity index (χ3n) is 3.08. The average Bonchev–Trinajstić information content (AvgIpc) is 2.92. The molecule has 2 aromatic rings. The summed E-state index contributed by atoms with van der Waals surface area (Å²) in [6.45, 7) is 6.35. The summed E-state index contributed by atoms with van der Waals surface area (Å²) < 4.78 is 5.59. The van der Waals surface area contributed by atoms with Crippen molar-refractivity contribution in [3.05, 3.63) is 29.7 Å². The summed E-state index contributed by atoms with van der Waals surface area (Å²) in [6.07, 6.45) is 2.03. The predicted octanol–water partition coefficient (Wildman–Crippen LogP) is 1.72. The van der Waals surface area contributed by atoms with Crippen LogP contribution in [0.5, 0.6) is 0 Å². The van der Waals surface area contributed by atoms with Crippen LogP contribution in [0.25, 0.3) is 11.5 Å². The molecule has 108 valence electrons. The third kappa shape index (κ3) is 3.48. The number of aromatic amines is 1. The first-order valence-corrected chi connectivity index (χ1v) is 6.50. The van der Waals surface area contributed by atoms with Crippen LogP contribution >= 0.6 is 0 Å². The van der Waals surface area contributed by atoms with E-state index in [1.807, 2.05) is 32.9 Å². The minimum atomic E-state index is -0.362. The Kier molecular flexibility index (Phi) is 3.94. The van der Waals surface area contributed by atoms with Gasteiger partial charge < -0.3 is 15.5 Å². The molecule has 4 N–H and O–H groups in total. The first-order chi connectivity index (χ1) is 9.37. The second kappa shape index (κ2) is 5.50. The van der Waals surface area contributed by atoms with Gasteiger partial charge in [0.25, 0.3) is 0 Å². The second-order valence-corrected chi connectivity index (χ2v) is 5.56. The molecule has 0 unspecified atom stereocenters. The molecule has 20 heavy (non-hydrogen) atoms. The number of furan rings is 1. The molecule has 2 aromatic heterocycles. The molecule has 0 radical (unpaired) electrons. The summed E-state index contributed by atoms with van der Waals surface area (Å²) in [6, 6.07) is 3.81. The van der Waals surface area contributed by atoms with E-state index in [1.54, 1.807) is 6.20 Å². The van der Waals surface area contributed by atoms with E-state index in [2.05, 4.69) is 15.5 Å². The smallest absolute Gasteiger partial charge is 0.219 e. The van der Waals surface area contributed by atoms with Crippen LogP contribution in [0, 0.1) is 6.92 Å². The van der Waals surface area contributed by atoms with Crippen molar-refractivity contribution in [1.82, 2.24) is 15.5 Å². The van der Waals surface area contributed by atoms with Crippen LogP contribution in [0.2, 0.25) is 0 Å². The van der Waals surface area contributed by atoms with E-state index < -0.39 is 0 Å². The summed E-state index contributed by atoms with van der Waals surface area (Å²) in [5, 5.41) is 10.3. The molecule has 0 aliphatic carbocycles. The van der Waals surface area contributed by atoms with Crippen LogP contribution in [0.3, 0.4) is 0 Å². The lowest BCUT2D eigenvalue weighted by atomic mass is 10.00. The number of nitrogens with zero attached hydrogens (tertiary/aromatic N) is 1.